The van der Waals surface area contributed by atoms with Gasteiger partial charge in [0.05, 0.1) is 12.2 Å². The molecule has 0 saturated carbocycles. The van der Waals surface area contributed by atoms with Crippen molar-refractivity contribution in [1.29, 1.82) is 0 Å². The minimum atomic E-state index is -0.224. The standard InChI is InChI=1S/C12H16O2.C2H6/c1-3-4-9-14-12(13)11-7-5-10(2)6-8-11;1-2/h5-8H,3-4,9H2,1-2H3;1-2H3. The van der Waals surface area contributed by atoms with Crippen molar-refractivity contribution in [1.82, 2.24) is 0 Å². The van der Waals surface area contributed by atoms with Crippen molar-refractivity contribution in [2.75, 3.05) is 6.61 Å². The Morgan fingerprint density at radius 3 is 2.25 bits per heavy atom. The molecule has 0 spiro atoms. The van der Waals surface area contributed by atoms with Gasteiger partial charge in [-0.3, -0.25) is 0 Å². The smallest absolute Gasteiger partial charge is 0.338 e. The third kappa shape index (κ3) is 5.54. The number of aryl methyl sites for hydroxylation is 1. The van der Waals surface area contributed by atoms with Gasteiger partial charge in [0, 0.05) is 0 Å². The van der Waals surface area contributed by atoms with E-state index < -0.39 is 0 Å². The second kappa shape index (κ2) is 8.96. The Labute approximate surface area is 98.6 Å². The molecule has 0 heterocycles. The number of carbonyl (C=O) groups is 1. The average molecular weight is 222 g/mol. The van der Waals surface area contributed by atoms with Gasteiger partial charge in [0.1, 0.15) is 0 Å². The maximum atomic E-state index is 11.4. The molecule has 1 aromatic carbocycles. The summed E-state index contributed by atoms with van der Waals surface area (Å²) in [4.78, 5) is 11.4. The number of unbranched alkanes of at least 4 members (excludes halogenated alkanes) is 1. The largest absolute Gasteiger partial charge is 0.462 e. The molecule has 2 nitrogen and oxygen atoms in total. The highest BCUT2D eigenvalue weighted by molar-refractivity contribution is 5.89. The van der Waals surface area contributed by atoms with Crippen LogP contribution in [-0.2, 0) is 4.74 Å². The Morgan fingerprint density at radius 1 is 1.19 bits per heavy atom. The molecule has 0 radical (unpaired) electrons. The van der Waals surface area contributed by atoms with Crippen LogP contribution in [0.2, 0.25) is 0 Å². The highest BCUT2D eigenvalue weighted by Crippen LogP contribution is 2.05. The van der Waals surface area contributed by atoms with Gasteiger partial charge in [-0.1, -0.05) is 44.9 Å². The van der Waals surface area contributed by atoms with Crippen molar-refractivity contribution < 1.29 is 9.53 Å². The third-order valence-electron chi connectivity index (χ3n) is 2.02. The van der Waals surface area contributed by atoms with Crippen molar-refractivity contribution in [2.24, 2.45) is 0 Å². The van der Waals surface area contributed by atoms with Crippen LogP contribution >= 0.6 is 0 Å². The molecule has 0 saturated heterocycles. The normalized spacial score (nSPS) is 9.00. The van der Waals surface area contributed by atoms with E-state index in [1.807, 2.05) is 32.9 Å². The van der Waals surface area contributed by atoms with Crippen molar-refractivity contribution in [3.05, 3.63) is 35.4 Å². The Morgan fingerprint density at radius 2 is 1.75 bits per heavy atom. The summed E-state index contributed by atoms with van der Waals surface area (Å²) >= 11 is 0. The lowest BCUT2D eigenvalue weighted by Gasteiger charge is -2.03. The Kier molecular flexibility index (Phi) is 8.22. The Balaban J connectivity index is 0.00000106. The van der Waals surface area contributed by atoms with E-state index in [0.717, 1.165) is 18.4 Å². The molecule has 0 aliphatic carbocycles. The molecular weight excluding hydrogens is 200 g/mol. The predicted molar refractivity (Wildman–Crippen MR) is 67.7 cm³/mol. The molecule has 0 amide bonds. The van der Waals surface area contributed by atoms with Crippen LogP contribution in [0.1, 0.15) is 49.5 Å². The van der Waals surface area contributed by atoms with Crippen LogP contribution in [0.4, 0.5) is 0 Å². The first-order chi connectivity index (χ1) is 7.74. The third-order valence-corrected chi connectivity index (χ3v) is 2.02. The van der Waals surface area contributed by atoms with E-state index in [9.17, 15) is 4.79 Å². The van der Waals surface area contributed by atoms with Gasteiger partial charge in [0.2, 0.25) is 0 Å². The van der Waals surface area contributed by atoms with E-state index in [1.165, 1.54) is 0 Å². The molecule has 1 aromatic rings. The fourth-order valence-corrected chi connectivity index (χ4v) is 1.08. The molecule has 2 heteroatoms. The van der Waals surface area contributed by atoms with Crippen LogP contribution < -0.4 is 0 Å². The number of ether oxygens (including phenoxy) is 1. The van der Waals surface area contributed by atoms with Crippen LogP contribution in [0.25, 0.3) is 0 Å². The van der Waals surface area contributed by atoms with Gasteiger partial charge < -0.3 is 4.74 Å². The van der Waals surface area contributed by atoms with Gasteiger partial charge >= 0.3 is 5.97 Å². The number of hydrogen-bond acceptors (Lipinski definition) is 2. The molecule has 0 atom stereocenters. The number of carbonyl (C=O) groups excluding carboxylic acids is 1. The summed E-state index contributed by atoms with van der Waals surface area (Å²) in [5, 5.41) is 0. The van der Waals surface area contributed by atoms with Crippen molar-refractivity contribution in [2.45, 2.75) is 40.5 Å². The summed E-state index contributed by atoms with van der Waals surface area (Å²) < 4.78 is 5.07. The van der Waals surface area contributed by atoms with E-state index in [0.29, 0.717) is 12.2 Å². The van der Waals surface area contributed by atoms with E-state index in [1.54, 1.807) is 12.1 Å². The van der Waals surface area contributed by atoms with Crippen LogP contribution in [0, 0.1) is 6.92 Å². The minimum absolute atomic E-state index is 0.224. The minimum Gasteiger partial charge on any atom is -0.462 e. The lowest BCUT2D eigenvalue weighted by molar-refractivity contribution is 0.0500. The Bertz CT molecular complexity index is 288. The second-order valence-corrected chi connectivity index (χ2v) is 3.36. The number of esters is 1. The zero-order valence-electron chi connectivity index (χ0n) is 10.7. The van der Waals surface area contributed by atoms with Crippen LogP contribution in [-0.4, -0.2) is 12.6 Å². The first kappa shape index (κ1) is 14.7. The molecule has 0 bridgehead atoms. The molecule has 0 aromatic heterocycles. The van der Waals surface area contributed by atoms with Gasteiger partial charge in [-0.25, -0.2) is 4.79 Å². The van der Waals surface area contributed by atoms with Gasteiger partial charge in [-0.15, -0.1) is 0 Å². The van der Waals surface area contributed by atoms with Gasteiger partial charge in [-0.2, -0.15) is 0 Å². The van der Waals surface area contributed by atoms with Crippen LogP contribution in [0.3, 0.4) is 0 Å². The van der Waals surface area contributed by atoms with Gasteiger partial charge in [0.15, 0.2) is 0 Å². The molecule has 0 unspecified atom stereocenters. The fraction of sp³-hybridized carbons (Fsp3) is 0.500. The highest BCUT2D eigenvalue weighted by Gasteiger charge is 2.04. The molecule has 16 heavy (non-hydrogen) atoms. The molecule has 1 rings (SSSR count). The number of hydrogen-bond donors (Lipinski definition) is 0. The summed E-state index contributed by atoms with van der Waals surface area (Å²) in [7, 11) is 0. The van der Waals surface area contributed by atoms with E-state index in [-0.39, 0.29) is 5.97 Å². The van der Waals surface area contributed by atoms with Crippen LogP contribution in [0.15, 0.2) is 24.3 Å². The molecular formula is C14H22O2. The summed E-state index contributed by atoms with van der Waals surface area (Å²) in [6.07, 6.45) is 1.97. The number of rotatable bonds is 4. The molecule has 0 aliphatic rings. The lowest BCUT2D eigenvalue weighted by atomic mass is 10.1. The van der Waals surface area contributed by atoms with E-state index in [2.05, 4.69) is 6.92 Å². The van der Waals surface area contributed by atoms with Crippen molar-refractivity contribution >= 4 is 5.97 Å². The van der Waals surface area contributed by atoms with E-state index >= 15 is 0 Å². The summed E-state index contributed by atoms with van der Waals surface area (Å²) in [5.41, 5.74) is 1.78. The lowest BCUT2D eigenvalue weighted by Crippen LogP contribution is -2.05. The van der Waals surface area contributed by atoms with Crippen molar-refractivity contribution in [3.8, 4) is 0 Å². The summed E-state index contributed by atoms with van der Waals surface area (Å²) in [5.74, 6) is -0.224. The average Bonchev–Trinajstić information content (AvgIpc) is 2.33. The quantitative estimate of drug-likeness (QED) is 0.569. The molecule has 0 aliphatic heterocycles. The predicted octanol–water partition coefficient (Wildman–Crippen LogP) is 3.98. The summed E-state index contributed by atoms with van der Waals surface area (Å²) in [6.45, 7) is 8.58. The zero-order chi connectivity index (χ0) is 12.4. The zero-order valence-corrected chi connectivity index (χ0v) is 10.7. The van der Waals surface area contributed by atoms with Crippen LogP contribution in [0.5, 0.6) is 0 Å². The maximum absolute atomic E-state index is 11.4. The Hall–Kier alpha value is -1.31. The summed E-state index contributed by atoms with van der Waals surface area (Å²) in [6, 6.07) is 7.42. The molecule has 0 N–H and O–H groups in total. The number of benzene rings is 1. The van der Waals surface area contributed by atoms with Gasteiger partial charge in [-0.05, 0) is 25.5 Å². The fourth-order valence-electron chi connectivity index (χ4n) is 1.08. The van der Waals surface area contributed by atoms with Crippen molar-refractivity contribution in [3.63, 3.8) is 0 Å². The molecule has 0 fully saturated rings. The second-order valence-electron chi connectivity index (χ2n) is 3.36. The molecule has 90 valence electrons. The SMILES string of the molecule is CC.CCCCOC(=O)c1ccc(C)cc1. The first-order valence-corrected chi connectivity index (χ1v) is 5.98. The topological polar surface area (TPSA) is 26.3 Å². The highest BCUT2D eigenvalue weighted by atomic mass is 16.5. The van der Waals surface area contributed by atoms with E-state index in [4.69, 9.17) is 4.74 Å². The monoisotopic (exact) mass is 222 g/mol. The maximum Gasteiger partial charge on any atom is 0.338 e. The van der Waals surface area contributed by atoms with Gasteiger partial charge in [0.25, 0.3) is 0 Å². The first-order valence-electron chi connectivity index (χ1n) is 5.98.